The van der Waals surface area contributed by atoms with Gasteiger partial charge in [0.1, 0.15) is 3.74 Å². The fraction of sp³-hybridized carbons (Fsp3) is 0.333. The zero-order chi connectivity index (χ0) is 10.0. The van der Waals surface area contributed by atoms with E-state index in [4.69, 9.17) is 0 Å². The lowest BCUT2D eigenvalue weighted by molar-refractivity contribution is 0.0594. The molecule has 1 heterocycles. The summed E-state index contributed by atoms with van der Waals surface area (Å²) in [6, 6.07) is 0. The number of hydrogen-bond donors (Lipinski definition) is 0. The fourth-order valence-electron chi connectivity index (χ4n) is 0.696. The molecule has 0 aromatic carbocycles. The van der Waals surface area contributed by atoms with Crippen molar-refractivity contribution in [2.75, 3.05) is 7.11 Å². The summed E-state index contributed by atoms with van der Waals surface area (Å²) < 4.78 is 5.16. The average molecular weight is 394 g/mol. The van der Waals surface area contributed by atoms with Gasteiger partial charge < -0.3 is 4.74 Å². The van der Waals surface area contributed by atoms with Crippen LogP contribution in [-0.4, -0.2) is 18.1 Å². The minimum Gasteiger partial charge on any atom is -0.464 e. The van der Waals surface area contributed by atoms with Gasteiger partial charge in [-0.05, 0) is 15.9 Å². The number of esters is 1. The van der Waals surface area contributed by atoms with E-state index in [0.29, 0.717) is 9.61 Å². The first-order chi connectivity index (χ1) is 6.06. The number of carbonyl (C=O) groups excluding carboxylic acids is 1. The van der Waals surface area contributed by atoms with Crippen molar-refractivity contribution in [3.05, 3.63) is 14.5 Å². The molecule has 0 radical (unpaired) electrons. The number of aromatic nitrogens is 1. The van der Waals surface area contributed by atoms with E-state index < -0.39 is 5.97 Å². The van der Waals surface area contributed by atoms with Gasteiger partial charge in [0.25, 0.3) is 0 Å². The molecule has 0 N–H and O–H groups in total. The highest BCUT2D eigenvalue weighted by atomic mass is 79.9. The number of ether oxygens (including phenoxy) is 1. The molecular formula is C6H4Br3NO2S. The predicted molar refractivity (Wildman–Crippen MR) is 61.7 cm³/mol. The van der Waals surface area contributed by atoms with Crippen molar-refractivity contribution in [2.45, 2.75) is 3.74 Å². The molecule has 72 valence electrons. The number of nitrogens with zero attached hydrogens (tertiary/aromatic N) is 1. The largest absolute Gasteiger partial charge is 0.464 e. The standard InChI is InChI=1S/C6H4Br3NO2S/c1-12-5(11)2-3(4(7)8)13-6(9)10-2/h4H,1H3. The summed E-state index contributed by atoms with van der Waals surface area (Å²) in [5.74, 6) is -0.430. The SMILES string of the molecule is COC(=O)c1nc(Br)sc1C(Br)Br. The van der Waals surface area contributed by atoms with Crippen LogP contribution in [0.5, 0.6) is 0 Å². The summed E-state index contributed by atoms with van der Waals surface area (Å²) in [5.41, 5.74) is 0.332. The number of halogens is 3. The fourth-order valence-corrected chi connectivity index (χ4v) is 3.02. The molecule has 13 heavy (non-hydrogen) atoms. The maximum atomic E-state index is 11.2. The first kappa shape index (κ1) is 11.6. The maximum absolute atomic E-state index is 11.2. The third-order valence-corrected chi connectivity index (χ3v) is 4.30. The Balaban J connectivity index is 3.11. The zero-order valence-electron chi connectivity index (χ0n) is 6.38. The van der Waals surface area contributed by atoms with Crippen LogP contribution in [0.2, 0.25) is 0 Å². The van der Waals surface area contributed by atoms with E-state index in [1.807, 2.05) is 0 Å². The Bertz CT molecular complexity index is 326. The number of hydrogen-bond acceptors (Lipinski definition) is 4. The summed E-state index contributed by atoms with van der Waals surface area (Å²) >= 11 is 11.2. The molecule has 1 rings (SSSR count). The monoisotopic (exact) mass is 391 g/mol. The topological polar surface area (TPSA) is 39.2 Å². The molecule has 1 aromatic rings. The van der Waals surface area contributed by atoms with E-state index in [-0.39, 0.29) is 3.74 Å². The summed E-state index contributed by atoms with van der Waals surface area (Å²) in [5, 5.41) is 0. The molecule has 3 nitrogen and oxygen atoms in total. The molecule has 0 aliphatic carbocycles. The van der Waals surface area contributed by atoms with Gasteiger partial charge in [0, 0.05) is 0 Å². The van der Waals surface area contributed by atoms with Crippen molar-refractivity contribution in [1.29, 1.82) is 0 Å². The summed E-state index contributed by atoms with van der Waals surface area (Å²) in [7, 11) is 1.33. The molecule has 0 aliphatic heterocycles. The molecule has 0 unspecified atom stereocenters. The van der Waals surface area contributed by atoms with Gasteiger partial charge >= 0.3 is 5.97 Å². The first-order valence-electron chi connectivity index (χ1n) is 3.09. The summed E-state index contributed by atoms with van der Waals surface area (Å²) in [4.78, 5) is 16.0. The van der Waals surface area contributed by atoms with Crippen LogP contribution >= 0.6 is 59.1 Å². The summed E-state index contributed by atoms with van der Waals surface area (Å²) in [6.45, 7) is 0. The van der Waals surface area contributed by atoms with Gasteiger partial charge in [0.2, 0.25) is 0 Å². The number of alkyl halides is 2. The molecule has 0 aliphatic rings. The highest BCUT2D eigenvalue weighted by molar-refractivity contribution is 9.24. The normalized spacial score (nSPS) is 10.5. The van der Waals surface area contributed by atoms with Crippen LogP contribution in [0.25, 0.3) is 0 Å². The van der Waals surface area contributed by atoms with Crippen LogP contribution in [-0.2, 0) is 4.74 Å². The van der Waals surface area contributed by atoms with Gasteiger partial charge in [0.05, 0.1) is 12.0 Å². The molecule has 0 atom stereocenters. The first-order valence-corrected chi connectivity index (χ1v) is 6.53. The zero-order valence-corrected chi connectivity index (χ0v) is 12.0. The Morgan fingerprint density at radius 1 is 1.62 bits per heavy atom. The van der Waals surface area contributed by atoms with Gasteiger partial charge in [0.15, 0.2) is 9.61 Å². The molecule has 0 bridgehead atoms. The van der Waals surface area contributed by atoms with E-state index in [1.54, 1.807) is 0 Å². The van der Waals surface area contributed by atoms with Crippen LogP contribution < -0.4 is 0 Å². The third kappa shape index (κ3) is 2.74. The second-order valence-electron chi connectivity index (χ2n) is 1.97. The third-order valence-electron chi connectivity index (χ3n) is 1.20. The Kier molecular flexibility index (Phi) is 4.34. The number of carbonyl (C=O) groups is 1. The Morgan fingerprint density at radius 3 is 2.69 bits per heavy atom. The summed E-state index contributed by atoms with van der Waals surface area (Å²) in [6.07, 6.45) is 0. The van der Waals surface area contributed by atoms with Gasteiger partial charge in [-0.1, -0.05) is 31.9 Å². The van der Waals surface area contributed by atoms with Crippen LogP contribution in [0.4, 0.5) is 0 Å². The quantitative estimate of drug-likeness (QED) is 0.570. The van der Waals surface area contributed by atoms with Crippen LogP contribution in [0, 0.1) is 0 Å². The minimum atomic E-state index is -0.430. The van der Waals surface area contributed by atoms with E-state index in [9.17, 15) is 4.79 Å². The van der Waals surface area contributed by atoms with Gasteiger partial charge in [-0.2, -0.15) is 0 Å². The number of methoxy groups -OCH3 is 1. The van der Waals surface area contributed by atoms with E-state index in [2.05, 4.69) is 57.5 Å². The van der Waals surface area contributed by atoms with Crippen LogP contribution in [0.3, 0.4) is 0 Å². The number of rotatable bonds is 2. The van der Waals surface area contributed by atoms with E-state index in [1.165, 1.54) is 18.4 Å². The van der Waals surface area contributed by atoms with Gasteiger partial charge in [-0.3, -0.25) is 0 Å². The van der Waals surface area contributed by atoms with E-state index >= 15 is 0 Å². The molecule has 0 amide bonds. The second kappa shape index (κ2) is 4.86. The van der Waals surface area contributed by atoms with Crippen molar-refractivity contribution in [3.8, 4) is 0 Å². The average Bonchev–Trinajstić information content (AvgIpc) is 2.46. The van der Waals surface area contributed by atoms with Crippen molar-refractivity contribution in [2.24, 2.45) is 0 Å². The lowest BCUT2D eigenvalue weighted by Crippen LogP contribution is -2.04. The van der Waals surface area contributed by atoms with Gasteiger partial charge in [-0.15, -0.1) is 11.3 Å². The maximum Gasteiger partial charge on any atom is 0.357 e. The molecule has 7 heteroatoms. The Hall–Kier alpha value is 0.540. The highest BCUT2D eigenvalue weighted by Crippen LogP contribution is 2.37. The van der Waals surface area contributed by atoms with Crippen LogP contribution in [0.1, 0.15) is 19.1 Å². The van der Waals surface area contributed by atoms with Crippen molar-refractivity contribution in [1.82, 2.24) is 4.98 Å². The predicted octanol–water partition coefficient (Wildman–Crippen LogP) is 3.48. The smallest absolute Gasteiger partial charge is 0.357 e. The second-order valence-corrected chi connectivity index (χ2v) is 7.34. The molecular weight excluding hydrogens is 390 g/mol. The lowest BCUT2D eigenvalue weighted by Gasteiger charge is -1.99. The van der Waals surface area contributed by atoms with Crippen molar-refractivity contribution < 1.29 is 9.53 Å². The van der Waals surface area contributed by atoms with Gasteiger partial charge in [-0.25, -0.2) is 9.78 Å². The van der Waals surface area contributed by atoms with Crippen molar-refractivity contribution >= 4 is 65.1 Å². The number of thiazole rings is 1. The minimum absolute atomic E-state index is 0.0853. The Morgan fingerprint density at radius 2 is 2.23 bits per heavy atom. The lowest BCUT2D eigenvalue weighted by atomic mass is 10.4. The molecule has 0 saturated heterocycles. The molecule has 0 spiro atoms. The molecule has 1 aromatic heterocycles. The van der Waals surface area contributed by atoms with Crippen molar-refractivity contribution in [3.63, 3.8) is 0 Å². The molecule has 0 saturated carbocycles. The van der Waals surface area contributed by atoms with E-state index in [0.717, 1.165) is 4.88 Å². The Labute approximate surface area is 104 Å². The molecule has 0 fully saturated rings. The highest BCUT2D eigenvalue weighted by Gasteiger charge is 2.21. The van der Waals surface area contributed by atoms with Crippen LogP contribution in [0.15, 0.2) is 3.92 Å².